The van der Waals surface area contributed by atoms with Gasteiger partial charge in [0.1, 0.15) is 0 Å². The van der Waals surface area contributed by atoms with Crippen molar-refractivity contribution in [1.82, 2.24) is 4.90 Å². The van der Waals surface area contributed by atoms with Gasteiger partial charge < -0.3 is 17.1 Å². The fourth-order valence-corrected chi connectivity index (χ4v) is 0.571. The average molecular weight is 178 g/mol. The summed E-state index contributed by atoms with van der Waals surface area (Å²) >= 11 is 0. The monoisotopic (exact) mass is 178 g/mol. The summed E-state index contributed by atoms with van der Waals surface area (Å²) in [6.45, 7) is 0. The third-order valence-corrected chi connectivity index (χ3v) is 1.16. The second-order valence-electron chi connectivity index (χ2n) is 1.70. The molecule has 0 bridgehead atoms. The van der Waals surface area contributed by atoms with Crippen LogP contribution in [0.1, 0.15) is 6.42 Å². The molecule has 1 radical (unpaired) electrons. The Morgan fingerprint density at radius 2 is 2.00 bits per heavy atom. The maximum Gasteiger partial charge on any atom is 2.00 e. The number of nitrogens with zero attached hydrogens (tertiary/aromatic N) is 1. The van der Waals surface area contributed by atoms with Crippen molar-refractivity contribution in [3.05, 3.63) is 13.8 Å². The zero-order valence-corrected chi connectivity index (χ0v) is 7.39. The van der Waals surface area contributed by atoms with Gasteiger partial charge in [-0.05, 0) is 0 Å². The van der Waals surface area contributed by atoms with Crippen LogP contribution in [0, 0.1) is 13.8 Å². The molecule has 1 saturated heterocycles. The fourth-order valence-electron chi connectivity index (χ4n) is 0.571. The van der Waals surface area contributed by atoms with Crippen LogP contribution in [-0.4, -0.2) is 23.8 Å². The zero-order chi connectivity index (χ0) is 6.15. The van der Waals surface area contributed by atoms with Crippen LogP contribution in [0.4, 0.5) is 0 Å². The van der Waals surface area contributed by atoms with Crippen LogP contribution in [0.3, 0.4) is 0 Å². The van der Waals surface area contributed by atoms with Gasteiger partial charge in [-0.1, -0.05) is 6.42 Å². The maximum absolute atomic E-state index is 10.5. The topological polar surface area (TPSA) is 37.4 Å². The van der Waals surface area contributed by atoms with Gasteiger partial charge in [0.15, 0.2) is 5.91 Å². The summed E-state index contributed by atoms with van der Waals surface area (Å²) in [6, 6.07) is 0. The second kappa shape index (κ2) is 4.42. The molecule has 1 heterocycles. The van der Waals surface area contributed by atoms with E-state index in [9.17, 15) is 9.59 Å². The van der Waals surface area contributed by atoms with E-state index < -0.39 is 0 Å². The molecule has 1 fully saturated rings. The molecule has 1 aliphatic rings. The molecule has 55 valence electrons. The molecule has 0 aliphatic carbocycles. The molecule has 0 aromatic heterocycles. The summed E-state index contributed by atoms with van der Waals surface area (Å²) < 4.78 is 0. The van der Waals surface area contributed by atoms with Crippen LogP contribution in [-0.2, 0) is 28.1 Å². The third kappa shape index (κ3) is 2.08. The maximum atomic E-state index is 10.5. The molecule has 0 unspecified atom stereocenters. The predicted octanol–water partition coefficient (Wildman–Crippen LogP) is 0.0272. The molecule has 0 spiro atoms. The van der Waals surface area contributed by atoms with Gasteiger partial charge in [-0.2, -0.15) is 0 Å². The molecule has 1 aliphatic heterocycles. The smallest absolute Gasteiger partial charge is 0.358 e. The number of rotatable bonds is 0. The van der Waals surface area contributed by atoms with Gasteiger partial charge in [0.2, 0.25) is 0 Å². The van der Waals surface area contributed by atoms with Gasteiger partial charge in [-0.15, -0.1) is 0 Å². The van der Waals surface area contributed by atoms with Crippen molar-refractivity contribution in [1.29, 1.82) is 0 Å². The van der Waals surface area contributed by atoms with Crippen molar-refractivity contribution in [3.63, 3.8) is 0 Å². The Bertz CT molecular complexity index is 131. The predicted molar refractivity (Wildman–Crippen MR) is 33.1 cm³/mol. The first-order valence-corrected chi connectivity index (χ1v) is 2.35. The average Bonchev–Trinajstić information content (AvgIpc) is 1.98. The van der Waals surface area contributed by atoms with E-state index in [-0.39, 0.29) is 44.2 Å². The van der Waals surface area contributed by atoms with Gasteiger partial charge in [0.25, 0.3) is 0 Å². The first kappa shape index (κ1) is 12.3. The molecule has 4 heteroatoms. The Kier molecular flexibility index (Phi) is 5.43. The van der Waals surface area contributed by atoms with E-state index in [0.29, 0.717) is 0 Å². The first-order valence-electron chi connectivity index (χ1n) is 2.35. The molecule has 10 heavy (non-hydrogen) atoms. The minimum absolute atomic E-state index is 0. The van der Waals surface area contributed by atoms with Crippen molar-refractivity contribution >= 4 is 11.8 Å². The Morgan fingerprint density at radius 1 is 1.50 bits per heavy atom. The van der Waals surface area contributed by atoms with E-state index in [1.165, 1.54) is 13.5 Å². The van der Waals surface area contributed by atoms with Crippen molar-refractivity contribution in [2.45, 2.75) is 6.42 Å². The summed E-state index contributed by atoms with van der Waals surface area (Å²) in [7, 11) is 1.48. The number of amides is 2. The summed E-state index contributed by atoms with van der Waals surface area (Å²) in [4.78, 5) is 22.0. The molecule has 2 amide bonds. The van der Waals surface area contributed by atoms with Crippen LogP contribution in [0.25, 0.3) is 0 Å². The molecule has 3 nitrogen and oxygen atoms in total. The zero-order valence-electron chi connectivity index (χ0n) is 6.00. The molecule has 0 N–H and O–H groups in total. The van der Waals surface area contributed by atoms with E-state index in [1.807, 2.05) is 0 Å². The fraction of sp³-hybridized carbons (Fsp3) is 0.333. The number of hydrogen-bond donors (Lipinski definition) is 0. The number of carbonyl (C=O) groups is 2. The minimum Gasteiger partial charge on any atom is -0.358 e. The Hall–Kier alpha value is -0.406. The van der Waals surface area contributed by atoms with Gasteiger partial charge in [0.05, 0.1) is 5.91 Å². The van der Waals surface area contributed by atoms with Gasteiger partial charge in [-0.3, -0.25) is 11.2 Å². The van der Waals surface area contributed by atoms with E-state index in [2.05, 4.69) is 0 Å². The van der Waals surface area contributed by atoms with Gasteiger partial charge >= 0.3 is 18.6 Å². The molecular weight excluding hydrogens is 169 g/mol. The van der Waals surface area contributed by atoms with E-state index >= 15 is 0 Å². The van der Waals surface area contributed by atoms with Gasteiger partial charge in [-0.25, -0.2) is 0 Å². The van der Waals surface area contributed by atoms with Crippen molar-refractivity contribution in [2.75, 3.05) is 7.05 Å². The van der Waals surface area contributed by atoms with E-state index in [0.717, 1.165) is 4.90 Å². The van der Waals surface area contributed by atoms with Gasteiger partial charge in [0, 0.05) is 7.05 Å². The molecule has 0 saturated carbocycles. The Labute approximate surface area is 72.7 Å². The van der Waals surface area contributed by atoms with Crippen LogP contribution in [0.2, 0.25) is 0 Å². The summed E-state index contributed by atoms with van der Waals surface area (Å²) in [5.41, 5.74) is 0. The standard InChI is InChI=1S/C5H6NO2.CH3.V/c1-6-4(7)2-3-5(6)8;;/h2H,3H2,1H3;1H3;/q2*-1;+2. The third-order valence-electron chi connectivity index (χ3n) is 1.16. The summed E-state index contributed by atoms with van der Waals surface area (Å²) in [6.07, 6.45) is 1.65. The quantitative estimate of drug-likeness (QED) is 0.387. The first-order chi connectivity index (χ1) is 3.72. The second-order valence-corrected chi connectivity index (χ2v) is 1.70. The van der Waals surface area contributed by atoms with Crippen LogP contribution in [0.5, 0.6) is 0 Å². The Balaban J connectivity index is 0. The van der Waals surface area contributed by atoms with Crippen molar-refractivity contribution < 1.29 is 28.1 Å². The molecule has 0 atom stereocenters. The number of imide groups is 1. The van der Waals surface area contributed by atoms with Crippen LogP contribution >= 0.6 is 0 Å². The SMILES string of the molecule is CN1C(=O)[CH-]CC1=O.[CH3-].[V+2]. The minimum atomic E-state index is -0.185. The molecule has 0 aromatic rings. The van der Waals surface area contributed by atoms with E-state index in [4.69, 9.17) is 0 Å². The summed E-state index contributed by atoms with van der Waals surface area (Å²) in [5, 5.41) is 0. The molecular formula is C6H9NO2V. The van der Waals surface area contributed by atoms with Crippen LogP contribution in [0.15, 0.2) is 0 Å². The normalized spacial score (nSPS) is 15.5. The van der Waals surface area contributed by atoms with E-state index in [1.54, 1.807) is 0 Å². The Morgan fingerprint density at radius 3 is 2.10 bits per heavy atom. The van der Waals surface area contributed by atoms with Crippen LogP contribution < -0.4 is 0 Å². The number of carbonyl (C=O) groups excluding carboxylic acids is 2. The largest absolute Gasteiger partial charge is 2.00 e. The molecule has 0 aromatic carbocycles. The van der Waals surface area contributed by atoms with Crippen molar-refractivity contribution in [2.24, 2.45) is 0 Å². The number of likely N-dealkylation sites (tertiary alicyclic amines) is 1. The van der Waals surface area contributed by atoms with Crippen molar-refractivity contribution in [3.8, 4) is 0 Å². The molecule has 1 rings (SSSR count). The number of hydrogen-bond acceptors (Lipinski definition) is 2. The summed E-state index contributed by atoms with van der Waals surface area (Å²) in [5.74, 6) is -0.301.